The Kier molecular flexibility index (Phi) is 8.53. The summed E-state index contributed by atoms with van der Waals surface area (Å²) in [5, 5.41) is 7.63. The Bertz CT molecular complexity index is 1040. The van der Waals surface area contributed by atoms with E-state index in [4.69, 9.17) is 44.9 Å². The second kappa shape index (κ2) is 11.6. The van der Waals surface area contributed by atoms with Gasteiger partial charge in [0.1, 0.15) is 6.61 Å². The zero-order valence-electron chi connectivity index (χ0n) is 16.8. The Labute approximate surface area is 197 Å². The first-order valence-electron chi connectivity index (χ1n) is 9.60. The van der Waals surface area contributed by atoms with E-state index in [1.54, 1.807) is 24.4 Å². The van der Waals surface area contributed by atoms with E-state index in [1.807, 2.05) is 55.5 Å². The Balaban J connectivity index is 1.64. The van der Waals surface area contributed by atoms with Gasteiger partial charge in [-0.1, -0.05) is 47.5 Å². The molecule has 0 spiro atoms. The number of para-hydroxylation sites is 1. The third kappa shape index (κ3) is 6.85. The second-order valence-corrected chi connectivity index (χ2v) is 7.58. The largest absolute Gasteiger partial charge is 0.490 e. The molecular weight excluding hydrogens is 453 g/mol. The summed E-state index contributed by atoms with van der Waals surface area (Å²) in [5.74, 6) is 1.22. The summed E-state index contributed by atoms with van der Waals surface area (Å²) in [6.45, 7) is 2.66. The van der Waals surface area contributed by atoms with Gasteiger partial charge in [0.25, 0.3) is 0 Å². The van der Waals surface area contributed by atoms with Crippen molar-refractivity contribution in [2.24, 2.45) is 0 Å². The standard InChI is InChI=1S/C23H21Cl2N3O2S/c1-2-29-22-13-16(14-26-28-23(31)27-17-7-4-3-5-8-17)11-12-21(22)30-15-18-19(24)9-6-10-20(18)25/h3-14H,2,15H2,1H3,(H2,27,28,31)/p+1. The number of hydrazone groups is 1. The highest BCUT2D eigenvalue weighted by Gasteiger charge is 2.11. The second-order valence-electron chi connectivity index (χ2n) is 6.36. The van der Waals surface area contributed by atoms with Crippen molar-refractivity contribution in [2.75, 3.05) is 11.9 Å². The molecule has 160 valence electrons. The number of thiocarbonyl (C=S) groups is 1. The average molecular weight is 475 g/mol. The van der Waals surface area contributed by atoms with Gasteiger partial charge in [-0.3, -0.25) is 0 Å². The Morgan fingerprint density at radius 3 is 2.42 bits per heavy atom. The molecule has 0 aromatic heterocycles. The number of hydrogen-bond acceptors (Lipinski definition) is 3. The van der Waals surface area contributed by atoms with Crippen molar-refractivity contribution in [2.45, 2.75) is 13.5 Å². The van der Waals surface area contributed by atoms with Crippen LogP contribution in [0.15, 0.2) is 66.7 Å². The number of nitrogens with one attached hydrogen (secondary N) is 3. The van der Waals surface area contributed by atoms with Crippen LogP contribution in [-0.2, 0) is 6.61 Å². The molecule has 8 heteroatoms. The lowest BCUT2D eigenvalue weighted by Crippen LogP contribution is -2.82. The molecule has 0 saturated heterocycles. The third-order valence-corrected chi connectivity index (χ3v) is 5.07. The molecule has 0 bridgehead atoms. The van der Waals surface area contributed by atoms with Gasteiger partial charge in [-0.25, -0.2) is 0 Å². The predicted molar refractivity (Wildman–Crippen MR) is 130 cm³/mol. The van der Waals surface area contributed by atoms with Crippen molar-refractivity contribution < 1.29 is 14.6 Å². The first-order valence-corrected chi connectivity index (χ1v) is 10.8. The van der Waals surface area contributed by atoms with Gasteiger partial charge in [0, 0.05) is 26.9 Å². The van der Waals surface area contributed by atoms with E-state index in [-0.39, 0.29) is 6.61 Å². The van der Waals surface area contributed by atoms with Crippen LogP contribution in [0.3, 0.4) is 0 Å². The monoisotopic (exact) mass is 474 g/mol. The molecule has 3 rings (SSSR count). The van der Waals surface area contributed by atoms with Crippen LogP contribution in [0.2, 0.25) is 10.0 Å². The molecule has 5 nitrogen and oxygen atoms in total. The van der Waals surface area contributed by atoms with Crippen molar-refractivity contribution in [3.05, 3.63) is 87.9 Å². The Hall–Kier alpha value is -2.80. The molecule has 0 aliphatic rings. The molecular formula is C23H22Cl2N3O2S+. The normalized spacial score (nSPS) is 10.7. The molecule has 3 aromatic rings. The van der Waals surface area contributed by atoms with Gasteiger partial charge in [-0.15, -0.1) is 10.5 Å². The van der Waals surface area contributed by atoms with Gasteiger partial charge in [-0.05, 0) is 61.6 Å². The van der Waals surface area contributed by atoms with Crippen LogP contribution in [0.25, 0.3) is 0 Å². The van der Waals surface area contributed by atoms with Crippen molar-refractivity contribution in [1.29, 1.82) is 0 Å². The van der Waals surface area contributed by atoms with E-state index >= 15 is 0 Å². The minimum Gasteiger partial charge on any atom is -0.490 e. The molecule has 0 saturated carbocycles. The molecule has 0 radical (unpaired) electrons. The topological polar surface area (TPSA) is 56.5 Å². The number of anilines is 1. The fourth-order valence-electron chi connectivity index (χ4n) is 2.69. The number of halogens is 2. The van der Waals surface area contributed by atoms with Crippen LogP contribution in [0.5, 0.6) is 11.5 Å². The maximum absolute atomic E-state index is 6.22. The number of rotatable bonds is 8. The fraction of sp³-hybridized carbons (Fsp3) is 0.130. The number of ether oxygens (including phenoxy) is 2. The minimum absolute atomic E-state index is 0.237. The number of hydrogen-bond donors (Lipinski definition) is 3. The van der Waals surface area contributed by atoms with Crippen LogP contribution in [0.4, 0.5) is 5.69 Å². The SMILES string of the molecule is CCOc1cc(C=[NH+]NC(=S)Nc2ccccc2)ccc1OCc1c(Cl)cccc1Cl. The summed E-state index contributed by atoms with van der Waals surface area (Å²) in [5.41, 5.74) is 5.43. The minimum atomic E-state index is 0.237. The third-order valence-electron chi connectivity index (χ3n) is 4.16. The van der Waals surface area contributed by atoms with Gasteiger partial charge in [0.2, 0.25) is 5.11 Å². The molecule has 0 atom stereocenters. The summed E-state index contributed by atoms with van der Waals surface area (Å²) in [4.78, 5) is 0. The summed E-state index contributed by atoms with van der Waals surface area (Å²) in [6, 6.07) is 20.6. The lowest BCUT2D eigenvalue weighted by molar-refractivity contribution is -0.499. The van der Waals surface area contributed by atoms with Crippen LogP contribution < -0.4 is 25.3 Å². The zero-order chi connectivity index (χ0) is 22.1. The van der Waals surface area contributed by atoms with Gasteiger partial charge < -0.3 is 14.8 Å². The van der Waals surface area contributed by atoms with E-state index in [1.165, 1.54) is 0 Å². The Morgan fingerprint density at radius 1 is 0.968 bits per heavy atom. The summed E-state index contributed by atoms with van der Waals surface area (Å²) >= 11 is 17.7. The maximum Gasteiger partial charge on any atom is 0.228 e. The highest BCUT2D eigenvalue weighted by Crippen LogP contribution is 2.31. The van der Waals surface area contributed by atoms with Crippen LogP contribution in [-0.4, -0.2) is 17.9 Å². The maximum atomic E-state index is 6.22. The molecule has 3 aromatic carbocycles. The van der Waals surface area contributed by atoms with Gasteiger partial charge in [0.05, 0.1) is 6.61 Å². The first-order chi connectivity index (χ1) is 15.1. The lowest BCUT2D eigenvalue weighted by Gasteiger charge is -2.13. The lowest BCUT2D eigenvalue weighted by atomic mass is 10.2. The molecule has 31 heavy (non-hydrogen) atoms. The van der Waals surface area contributed by atoms with Gasteiger partial charge >= 0.3 is 0 Å². The number of benzene rings is 3. The van der Waals surface area contributed by atoms with Crippen LogP contribution >= 0.6 is 35.4 Å². The summed E-state index contributed by atoms with van der Waals surface area (Å²) < 4.78 is 11.7. The molecule has 0 heterocycles. The average Bonchev–Trinajstić information content (AvgIpc) is 2.75. The van der Waals surface area contributed by atoms with Gasteiger partial charge in [0.15, 0.2) is 17.7 Å². The number of hydrazine groups is 1. The Morgan fingerprint density at radius 2 is 1.71 bits per heavy atom. The molecule has 0 amide bonds. The van der Waals surface area contributed by atoms with E-state index in [0.717, 1.165) is 16.8 Å². The molecule has 3 N–H and O–H groups in total. The smallest absolute Gasteiger partial charge is 0.228 e. The molecule has 0 fully saturated rings. The summed E-state index contributed by atoms with van der Waals surface area (Å²) in [7, 11) is 0. The highest BCUT2D eigenvalue weighted by atomic mass is 35.5. The fourth-order valence-corrected chi connectivity index (χ4v) is 3.37. The molecule has 0 unspecified atom stereocenters. The van der Waals surface area contributed by atoms with Crippen molar-refractivity contribution in [1.82, 2.24) is 5.43 Å². The van der Waals surface area contributed by atoms with Gasteiger partial charge in [-0.2, -0.15) is 0 Å². The van der Waals surface area contributed by atoms with Crippen molar-refractivity contribution in [3.63, 3.8) is 0 Å². The van der Waals surface area contributed by atoms with E-state index in [0.29, 0.717) is 33.3 Å². The summed E-state index contributed by atoms with van der Waals surface area (Å²) in [6.07, 6.45) is 1.77. The highest BCUT2D eigenvalue weighted by molar-refractivity contribution is 7.80. The predicted octanol–water partition coefficient (Wildman–Crippen LogP) is 4.37. The van der Waals surface area contributed by atoms with Crippen molar-refractivity contribution >= 4 is 52.4 Å². The van der Waals surface area contributed by atoms with Crippen LogP contribution in [0.1, 0.15) is 18.1 Å². The van der Waals surface area contributed by atoms with Crippen LogP contribution in [0, 0.1) is 0 Å². The van der Waals surface area contributed by atoms with E-state index in [9.17, 15) is 0 Å². The molecule has 0 aliphatic heterocycles. The van der Waals surface area contributed by atoms with E-state index < -0.39 is 0 Å². The molecule has 0 aliphatic carbocycles. The first kappa shape index (κ1) is 22.9. The van der Waals surface area contributed by atoms with E-state index in [2.05, 4.69) is 15.8 Å². The van der Waals surface area contributed by atoms with Crippen molar-refractivity contribution in [3.8, 4) is 11.5 Å². The quantitative estimate of drug-likeness (QED) is 0.257. The zero-order valence-corrected chi connectivity index (χ0v) is 19.2.